The van der Waals surface area contributed by atoms with Crippen molar-refractivity contribution in [1.82, 2.24) is 19.6 Å². The average Bonchev–Trinajstić information content (AvgIpc) is 3.32. The summed E-state index contributed by atoms with van der Waals surface area (Å²) in [6.07, 6.45) is 5.22. The SMILES string of the molecule is CC=C(c1cccc(OC)c1)[C@@H](C)CN(C)C.CCC(c1cccc(OC)c1)[C@@H](C)CN(C)C.CC[C@@H](c1cccc(OC)c1)[C@@H](C)CN(C)C.CC[C@](O)(c1cccc(OC)c1)[C@@H](C)CN(C)C. The summed E-state index contributed by atoms with van der Waals surface area (Å²) in [6.45, 7) is 21.8. The van der Waals surface area contributed by atoms with Crippen molar-refractivity contribution in [3.8, 4) is 23.0 Å². The Morgan fingerprint density at radius 1 is 0.522 bits per heavy atom. The van der Waals surface area contributed by atoms with E-state index in [1.54, 1.807) is 28.4 Å². The number of hydrogen-bond acceptors (Lipinski definition) is 9. The van der Waals surface area contributed by atoms with E-state index in [1.807, 2.05) is 69.6 Å². The summed E-state index contributed by atoms with van der Waals surface area (Å²) in [6, 6.07) is 32.9. The van der Waals surface area contributed by atoms with Gasteiger partial charge in [0, 0.05) is 32.1 Å². The fraction of sp³-hybridized carbons (Fsp3) is 0.567. The topological polar surface area (TPSA) is 70.1 Å². The fourth-order valence-corrected chi connectivity index (χ4v) is 9.70. The summed E-state index contributed by atoms with van der Waals surface area (Å²) in [5.74, 6) is 6.81. The molecule has 0 spiro atoms. The predicted molar refractivity (Wildman–Crippen MR) is 297 cm³/mol. The van der Waals surface area contributed by atoms with Crippen LogP contribution in [0.1, 0.15) is 109 Å². The van der Waals surface area contributed by atoms with Crippen LogP contribution in [0.25, 0.3) is 5.57 Å². The molecular formula is C60H98N4O5. The first kappa shape index (κ1) is 62.6. The number of hydrogen-bond donors (Lipinski definition) is 1. The third-order valence-corrected chi connectivity index (χ3v) is 13.1. The van der Waals surface area contributed by atoms with Crippen molar-refractivity contribution in [2.75, 3.05) is 111 Å². The van der Waals surface area contributed by atoms with Gasteiger partial charge in [0.25, 0.3) is 0 Å². The molecule has 4 aromatic carbocycles. The van der Waals surface area contributed by atoms with Gasteiger partial charge in [0.2, 0.25) is 0 Å². The molecule has 9 heteroatoms. The lowest BCUT2D eigenvalue weighted by atomic mass is 9.80. The Morgan fingerprint density at radius 2 is 0.899 bits per heavy atom. The minimum absolute atomic E-state index is 0.157. The van der Waals surface area contributed by atoms with Crippen LogP contribution in [0.4, 0.5) is 0 Å². The van der Waals surface area contributed by atoms with Crippen LogP contribution in [0.2, 0.25) is 0 Å². The van der Waals surface area contributed by atoms with E-state index < -0.39 is 5.60 Å². The van der Waals surface area contributed by atoms with Crippen LogP contribution in [-0.2, 0) is 5.60 Å². The molecule has 0 fully saturated rings. The van der Waals surface area contributed by atoms with Gasteiger partial charge >= 0.3 is 0 Å². The molecule has 0 aliphatic rings. The van der Waals surface area contributed by atoms with Crippen LogP contribution >= 0.6 is 0 Å². The Labute approximate surface area is 422 Å². The van der Waals surface area contributed by atoms with Gasteiger partial charge in [-0.3, -0.25) is 0 Å². The van der Waals surface area contributed by atoms with Crippen molar-refractivity contribution in [3.05, 3.63) is 125 Å². The van der Waals surface area contributed by atoms with Gasteiger partial charge in [-0.15, -0.1) is 0 Å². The Balaban J connectivity index is 0.000000460. The highest BCUT2D eigenvalue weighted by Gasteiger charge is 2.34. The number of methoxy groups -OCH3 is 4. The van der Waals surface area contributed by atoms with Gasteiger partial charge in [-0.2, -0.15) is 0 Å². The summed E-state index contributed by atoms with van der Waals surface area (Å²) in [5, 5.41) is 10.9. The molecule has 0 aliphatic heterocycles. The molecule has 1 N–H and O–H groups in total. The second-order valence-electron chi connectivity index (χ2n) is 19.9. The third kappa shape index (κ3) is 22.1. The number of rotatable bonds is 23. The molecule has 0 heterocycles. The van der Waals surface area contributed by atoms with E-state index in [4.69, 9.17) is 18.9 Å². The van der Waals surface area contributed by atoms with E-state index in [0.717, 1.165) is 54.7 Å². The molecule has 0 aromatic heterocycles. The van der Waals surface area contributed by atoms with Crippen LogP contribution in [0.15, 0.2) is 103 Å². The van der Waals surface area contributed by atoms with Gasteiger partial charge in [0.05, 0.1) is 34.0 Å². The van der Waals surface area contributed by atoms with Crippen molar-refractivity contribution in [2.24, 2.45) is 23.7 Å². The maximum atomic E-state index is 10.9. The minimum atomic E-state index is -0.807. The second kappa shape index (κ2) is 33.2. The molecule has 1 unspecified atom stereocenters. The summed E-state index contributed by atoms with van der Waals surface area (Å²) >= 11 is 0. The molecule has 4 rings (SSSR count). The fourth-order valence-electron chi connectivity index (χ4n) is 9.70. The molecular weight excluding hydrogens is 857 g/mol. The molecule has 0 amide bonds. The zero-order chi connectivity index (χ0) is 52.3. The average molecular weight is 955 g/mol. The van der Waals surface area contributed by atoms with E-state index in [-0.39, 0.29) is 5.92 Å². The van der Waals surface area contributed by atoms with E-state index in [1.165, 1.54) is 35.1 Å². The van der Waals surface area contributed by atoms with Crippen molar-refractivity contribution < 1.29 is 24.1 Å². The highest BCUT2D eigenvalue weighted by molar-refractivity contribution is 5.68. The lowest BCUT2D eigenvalue weighted by Crippen LogP contribution is -2.38. The Kier molecular flexibility index (Phi) is 30.2. The molecule has 7 atom stereocenters. The van der Waals surface area contributed by atoms with Gasteiger partial charge in [-0.1, -0.05) is 103 Å². The van der Waals surface area contributed by atoms with Crippen LogP contribution in [0.3, 0.4) is 0 Å². The van der Waals surface area contributed by atoms with Gasteiger partial charge in [-0.05, 0) is 189 Å². The number of nitrogens with zero attached hydrogens (tertiary/aromatic N) is 4. The minimum Gasteiger partial charge on any atom is -0.497 e. The monoisotopic (exact) mass is 955 g/mol. The summed E-state index contributed by atoms with van der Waals surface area (Å²) in [7, 11) is 23.6. The van der Waals surface area contributed by atoms with Gasteiger partial charge < -0.3 is 43.7 Å². The molecule has 4 aromatic rings. The van der Waals surface area contributed by atoms with Crippen molar-refractivity contribution in [1.29, 1.82) is 0 Å². The van der Waals surface area contributed by atoms with Crippen molar-refractivity contribution in [3.63, 3.8) is 0 Å². The van der Waals surface area contributed by atoms with Crippen LogP contribution < -0.4 is 18.9 Å². The summed E-state index contributed by atoms with van der Waals surface area (Å²) < 4.78 is 21.1. The van der Waals surface area contributed by atoms with Gasteiger partial charge in [0.15, 0.2) is 0 Å². The molecule has 0 aliphatic carbocycles. The lowest BCUT2D eigenvalue weighted by molar-refractivity contribution is -0.0293. The largest absolute Gasteiger partial charge is 0.497 e. The number of ether oxygens (including phenoxy) is 4. The second-order valence-corrected chi connectivity index (χ2v) is 19.9. The molecule has 9 nitrogen and oxygen atoms in total. The number of aliphatic hydroxyl groups is 1. The molecule has 388 valence electrons. The van der Waals surface area contributed by atoms with Crippen LogP contribution in [-0.4, -0.2) is 136 Å². The van der Waals surface area contributed by atoms with Crippen molar-refractivity contribution in [2.45, 2.75) is 92.1 Å². The summed E-state index contributed by atoms with van der Waals surface area (Å²) in [5.41, 5.74) is 5.53. The van der Waals surface area contributed by atoms with Crippen LogP contribution in [0, 0.1) is 23.7 Å². The van der Waals surface area contributed by atoms with Crippen LogP contribution in [0.5, 0.6) is 23.0 Å². The Morgan fingerprint density at radius 3 is 1.26 bits per heavy atom. The zero-order valence-corrected chi connectivity index (χ0v) is 47.1. The number of allylic oxidation sites excluding steroid dienone is 1. The molecule has 0 radical (unpaired) electrons. The predicted octanol–water partition coefficient (Wildman–Crippen LogP) is 12.6. The molecule has 0 bridgehead atoms. The smallest absolute Gasteiger partial charge is 0.119 e. The Hall–Kier alpha value is -4.38. The maximum absolute atomic E-state index is 10.9. The van der Waals surface area contributed by atoms with E-state index in [2.05, 4.69) is 165 Å². The normalized spacial score (nSPS) is 14.9. The first-order valence-corrected chi connectivity index (χ1v) is 25.2. The third-order valence-electron chi connectivity index (χ3n) is 13.1. The summed E-state index contributed by atoms with van der Waals surface area (Å²) in [4.78, 5) is 8.83. The highest BCUT2D eigenvalue weighted by Crippen LogP contribution is 2.36. The number of benzene rings is 4. The Bertz CT molecular complexity index is 1930. The standard InChI is InChI=1S/C15H25NO2.2C15H25NO.C15H23NO/c1-6-15(17,12(2)11-16(3)4)13-8-7-9-14(10-13)18-5;3*1-6-15(12(2)11-16(3)4)13-8-7-9-14(10-13)17-5/h7-10,12,17H,6,11H2,1-5H3;2*7-10,12,15H,6,11H2,1-5H3;6-10,12H,11H2,1-5H3/t12-,15+;12-,15?;12-,15+;12-/m0000/s1. The highest BCUT2D eigenvalue weighted by atomic mass is 16.5. The van der Waals surface area contributed by atoms with Gasteiger partial charge in [-0.25, -0.2) is 0 Å². The maximum Gasteiger partial charge on any atom is 0.119 e. The van der Waals surface area contributed by atoms with Gasteiger partial charge in [0.1, 0.15) is 23.0 Å². The lowest BCUT2D eigenvalue weighted by Gasteiger charge is -2.35. The molecule has 0 saturated heterocycles. The van der Waals surface area contributed by atoms with E-state index in [9.17, 15) is 5.11 Å². The van der Waals surface area contributed by atoms with Crippen molar-refractivity contribution >= 4 is 5.57 Å². The molecule has 0 saturated carbocycles. The first-order valence-electron chi connectivity index (χ1n) is 25.2. The zero-order valence-electron chi connectivity index (χ0n) is 47.1. The quantitative estimate of drug-likeness (QED) is 0.0783. The first-order chi connectivity index (χ1) is 32.7. The molecule has 69 heavy (non-hydrogen) atoms. The van der Waals surface area contributed by atoms with E-state index >= 15 is 0 Å². The van der Waals surface area contributed by atoms with E-state index in [0.29, 0.717) is 36.0 Å².